The second-order valence-electron chi connectivity index (χ2n) is 7.70. The summed E-state index contributed by atoms with van der Waals surface area (Å²) >= 11 is 2.13. The van der Waals surface area contributed by atoms with Crippen LogP contribution in [0.5, 0.6) is 0 Å². The number of rotatable bonds is 3. The first-order chi connectivity index (χ1) is 11.5. The molecule has 0 amide bonds. The number of fused-ring (bicyclic) bond motifs is 3. The molecule has 0 radical (unpaired) electrons. The van der Waals surface area contributed by atoms with Gasteiger partial charge >= 0.3 is 0 Å². The quantitative estimate of drug-likeness (QED) is 0.724. The van der Waals surface area contributed by atoms with Crippen LogP contribution in [0.2, 0.25) is 0 Å². The number of nitrogens with one attached hydrogen (secondary N) is 1. The van der Waals surface area contributed by atoms with Crippen LogP contribution in [-0.2, 0) is 0 Å². The molecule has 1 N–H and O–H groups in total. The lowest BCUT2D eigenvalue weighted by atomic mass is 9.96. The summed E-state index contributed by atoms with van der Waals surface area (Å²) in [5.74, 6) is 2.21. The molecule has 1 fully saturated rings. The van der Waals surface area contributed by atoms with Crippen LogP contribution in [0.25, 0.3) is 0 Å². The molecule has 128 valence electrons. The molecule has 2 aliphatic rings. The van der Waals surface area contributed by atoms with E-state index in [1.807, 2.05) is 0 Å². The Kier molecular flexibility index (Phi) is 4.12. The Morgan fingerprint density at radius 3 is 2.29 bits per heavy atom. The maximum Gasteiger partial charge on any atom is 0.0426 e. The lowest BCUT2D eigenvalue weighted by Crippen LogP contribution is -2.30. The Bertz CT molecular complexity index is 728. The first-order valence-corrected chi connectivity index (χ1v) is 12.2. The Balaban J connectivity index is 1.70. The monoisotopic (exact) mass is 357 g/mol. The van der Waals surface area contributed by atoms with Gasteiger partial charge in [-0.25, -0.2) is 0 Å². The van der Waals surface area contributed by atoms with Crippen molar-refractivity contribution in [1.82, 2.24) is 0 Å². The maximum absolute atomic E-state index is 3.93. The molecule has 0 saturated heterocycles. The Morgan fingerprint density at radius 1 is 0.875 bits per heavy atom. The largest absolute Gasteiger partial charge is 0.348 e. The second kappa shape index (κ2) is 6.03. The van der Waals surface area contributed by atoms with Gasteiger partial charge < -0.3 is 4.72 Å². The topological polar surface area (TPSA) is 12.0 Å². The van der Waals surface area contributed by atoms with Crippen molar-refractivity contribution in [2.24, 2.45) is 11.8 Å². The van der Waals surface area contributed by atoms with E-state index < -0.39 is 10.2 Å². The SMILES string of the molecule is CC1C(C)C(S(C)(C)Nc2ccccc2)C2c3ccccc3SC12. The van der Waals surface area contributed by atoms with Gasteiger partial charge in [-0.2, -0.15) is 10.2 Å². The molecule has 0 spiro atoms. The maximum atomic E-state index is 3.93. The molecule has 1 aliphatic heterocycles. The molecule has 5 unspecified atom stereocenters. The highest BCUT2D eigenvalue weighted by molar-refractivity contribution is 8.34. The van der Waals surface area contributed by atoms with Crippen molar-refractivity contribution in [3.05, 3.63) is 60.2 Å². The van der Waals surface area contributed by atoms with Crippen molar-refractivity contribution in [2.45, 2.75) is 35.2 Å². The van der Waals surface area contributed by atoms with E-state index in [0.29, 0.717) is 11.2 Å². The molecule has 2 aromatic carbocycles. The number of benzene rings is 2. The van der Waals surface area contributed by atoms with Gasteiger partial charge in [0.2, 0.25) is 0 Å². The number of thioether (sulfide) groups is 1. The Hall–Kier alpha value is -1.06. The highest BCUT2D eigenvalue weighted by atomic mass is 32.3. The van der Waals surface area contributed by atoms with E-state index in [1.165, 1.54) is 10.6 Å². The third-order valence-corrected chi connectivity index (χ3v) is 10.4. The normalized spacial score (nSPS) is 32.2. The molecule has 0 aromatic heterocycles. The zero-order chi connectivity index (χ0) is 16.9. The summed E-state index contributed by atoms with van der Waals surface area (Å²) in [6.07, 6.45) is 4.95. The van der Waals surface area contributed by atoms with E-state index in [-0.39, 0.29) is 0 Å². The van der Waals surface area contributed by atoms with Crippen molar-refractivity contribution in [3.63, 3.8) is 0 Å². The van der Waals surface area contributed by atoms with Crippen LogP contribution in [0, 0.1) is 11.8 Å². The molecule has 1 nitrogen and oxygen atoms in total. The molecule has 5 atom stereocenters. The molecule has 1 saturated carbocycles. The molecular formula is C21H27NS2. The summed E-state index contributed by atoms with van der Waals surface area (Å²) in [5.41, 5.74) is 2.86. The summed E-state index contributed by atoms with van der Waals surface area (Å²) in [6.45, 7) is 4.96. The van der Waals surface area contributed by atoms with E-state index in [1.54, 1.807) is 5.56 Å². The fraction of sp³-hybridized carbons (Fsp3) is 0.429. The number of hydrogen-bond donors (Lipinski definition) is 1. The summed E-state index contributed by atoms with van der Waals surface area (Å²) < 4.78 is 3.93. The second-order valence-corrected chi connectivity index (χ2v) is 12.5. The zero-order valence-corrected chi connectivity index (χ0v) is 16.5. The molecule has 1 heterocycles. The van der Waals surface area contributed by atoms with Crippen molar-refractivity contribution in [1.29, 1.82) is 0 Å². The number of para-hydroxylation sites is 1. The molecule has 0 bridgehead atoms. The van der Waals surface area contributed by atoms with Crippen molar-refractivity contribution >= 4 is 27.7 Å². The summed E-state index contributed by atoms with van der Waals surface area (Å²) in [5, 5.41) is 1.46. The van der Waals surface area contributed by atoms with Gasteiger partial charge in [0.15, 0.2) is 0 Å². The lowest BCUT2D eigenvalue weighted by Gasteiger charge is -2.45. The van der Waals surface area contributed by atoms with E-state index in [0.717, 1.165) is 17.1 Å². The summed E-state index contributed by atoms with van der Waals surface area (Å²) in [4.78, 5) is 1.52. The lowest BCUT2D eigenvalue weighted by molar-refractivity contribution is 0.467. The van der Waals surface area contributed by atoms with Crippen molar-refractivity contribution < 1.29 is 0 Å². The fourth-order valence-corrected chi connectivity index (χ4v) is 9.83. The van der Waals surface area contributed by atoms with Gasteiger partial charge in [-0.1, -0.05) is 50.2 Å². The first kappa shape index (κ1) is 16.4. The Labute approximate surface area is 152 Å². The van der Waals surface area contributed by atoms with Crippen LogP contribution in [0.15, 0.2) is 59.5 Å². The smallest absolute Gasteiger partial charge is 0.0426 e. The molecule has 1 aliphatic carbocycles. The predicted octanol–water partition coefficient (Wildman–Crippen LogP) is 5.99. The van der Waals surface area contributed by atoms with Crippen LogP contribution in [0.4, 0.5) is 5.69 Å². The minimum atomic E-state index is -0.955. The third kappa shape index (κ3) is 2.57. The summed E-state index contributed by atoms with van der Waals surface area (Å²) in [6, 6.07) is 19.9. The molecule has 2 aromatic rings. The standard InChI is InChI=1S/C21H27NS2/c1-14-15(2)21(24(3,4)22-16-10-6-5-7-11-16)19-17-12-8-9-13-18(17)23-20(14)19/h5-15,19-22H,1-4H3. The van der Waals surface area contributed by atoms with Crippen LogP contribution in [-0.4, -0.2) is 23.0 Å². The van der Waals surface area contributed by atoms with Crippen LogP contribution < -0.4 is 4.72 Å². The Morgan fingerprint density at radius 2 is 1.54 bits per heavy atom. The molecule has 3 heteroatoms. The van der Waals surface area contributed by atoms with Gasteiger partial charge in [0.25, 0.3) is 0 Å². The van der Waals surface area contributed by atoms with Crippen molar-refractivity contribution in [3.8, 4) is 0 Å². The fourth-order valence-electron chi connectivity index (χ4n) is 4.76. The van der Waals surface area contributed by atoms with Crippen molar-refractivity contribution in [2.75, 3.05) is 17.2 Å². The first-order valence-electron chi connectivity index (χ1n) is 8.79. The van der Waals surface area contributed by atoms with E-state index in [9.17, 15) is 0 Å². The highest BCUT2D eigenvalue weighted by Crippen LogP contribution is 2.66. The third-order valence-electron chi connectivity index (χ3n) is 5.95. The van der Waals surface area contributed by atoms with Gasteiger partial charge in [0.1, 0.15) is 0 Å². The molecule has 4 rings (SSSR count). The van der Waals surface area contributed by atoms with E-state index in [2.05, 4.69) is 97.4 Å². The summed E-state index contributed by atoms with van der Waals surface area (Å²) in [7, 11) is -0.955. The minimum absolute atomic E-state index is 0.692. The predicted molar refractivity (Wildman–Crippen MR) is 110 cm³/mol. The van der Waals surface area contributed by atoms with E-state index >= 15 is 0 Å². The molecular weight excluding hydrogens is 330 g/mol. The zero-order valence-electron chi connectivity index (χ0n) is 14.9. The number of anilines is 1. The van der Waals surface area contributed by atoms with Crippen LogP contribution in [0.3, 0.4) is 0 Å². The van der Waals surface area contributed by atoms with Gasteiger partial charge in [-0.05, 0) is 48.1 Å². The van der Waals surface area contributed by atoms with Gasteiger partial charge in [0, 0.05) is 27.0 Å². The highest BCUT2D eigenvalue weighted by Gasteiger charge is 2.54. The van der Waals surface area contributed by atoms with Gasteiger partial charge in [0.05, 0.1) is 0 Å². The van der Waals surface area contributed by atoms with Gasteiger partial charge in [-0.3, -0.25) is 0 Å². The van der Waals surface area contributed by atoms with Gasteiger partial charge in [-0.15, -0.1) is 11.8 Å². The minimum Gasteiger partial charge on any atom is -0.348 e. The number of hydrogen-bond acceptors (Lipinski definition) is 2. The average molecular weight is 358 g/mol. The average Bonchev–Trinajstić information content (AvgIpc) is 3.04. The van der Waals surface area contributed by atoms with Crippen LogP contribution >= 0.6 is 22.0 Å². The van der Waals surface area contributed by atoms with Crippen LogP contribution in [0.1, 0.15) is 25.3 Å². The van der Waals surface area contributed by atoms with E-state index in [4.69, 9.17) is 0 Å². The molecule has 24 heavy (non-hydrogen) atoms.